The van der Waals surface area contributed by atoms with Crippen molar-refractivity contribution in [3.05, 3.63) is 120 Å². The molecule has 0 N–H and O–H groups in total. The Morgan fingerprint density at radius 1 is 0.885 bits per heavy atom. The lowest BCUT2D eigenvalue weighted by atomic mass is 9.99. The van der Waals surface area contributed by atoms with E-state index in [-0.39, 0.29) is 6.04 Å². The van der Waals surface area contributed by atoms with E-state index in [9.17, 15) is 0 Å². The molecule has 3 rings (SSSR count). The highest BCUT2D eigenvalue weighted by atomic mass is 14.8. The van der Waals surface area contributed by atoms with E-state index in [1.807, 2.05) is 66.7 Å². The molecule has 3 aromatic carbocycles. The molecule has 1 unspecified atom stereocenters. The summed E-state index contributed by atoms with van der Waals surface area (Å²) in [7, 11) is 0. The van der Waals surface area contributed by atoms with E-state index in [0.717, 1.165) is 28.8 Å². The number of nitriles is 1. The molecule has 0 saturated heterocycles. The molecule has 0 heterocycles. The monoisotopic (exact) mass is 336 g/mol. The van der Waals surface area contributed by atoms with Gasteiger partial charge in [-0.05, 0) is 24.1 Å². The van der Waals surface area contributed by atoms with Crippen LogP contribution < -0.4 is 0 Å². The largest absolute Gasteiger partial charge is 0.276 e. The van der Waals surface area contributed by atoms with Gasteiger partial charge in [0.15, 0.2) is 0 Å². The van der Waals surface area contributed by atoms with E-state index in [4.69, 9.17) is 10.3 Å². The average molecular weight is 336 g/mol. The molecule has 3 aromatic rings. The highest BCUT2D eigenvalue weighted by Crippen LogP contribution is 2.25. The number of aliphatic imine (C=N–C) groups is 1. The van der Waals surface area contributed by atoms with Crippen LogP contribution in [0, 0.1) is 11.3 Å². The smallest absolute Gasteiger partial charge is 0.0991 e. The second-order valence-electron chi connectivity index (χ2n) is 5.98. The molecule has 0 amide bonds. The number of hydrogen-bond acceptors (Lipinski definition) is 2. The van der Waals surface area contributed by atoms with E-state index in [1.165, 1.54) is 0 Å². The Labute approximate surface area is 154 Å². The van der Waals surface area contributed by atoms with Crippen LogP contribution in [0.1, 0.15) is 34.7 Å². The Morgan fingerprint density at radius 3 is 1.88 bits per heavy atom. The Balaban J connectivity index is 2.08. The van der Waals surface area contributed by atoms with Gasteiger partial charge in [-0.25, -0.2) is 0 Å². The van der Waals surface area contributed by atoms with Crippen LogP contribution in [-0.4, -0.2) is 5.71 Å². The van der Waals surface area contributed by atoms with Crippen molar-refractivity contribution in [2.24, 2.45) is 4.99 Å². The molecule has 0 aliphatic heterocycles. The second-order valence-corrected chi connectivity index (χ2v) is 5.98. The molecule has 0 saturated carbocycles. The first kappa shape index (κ1) is 17.4. The predicted octanol–water partition coefficient (Wildman–Crippen LogP) is 5.71. The minimum atomic E-state index is -0.0457. The molecule has 0 spiro atoms. The van der Waals surface area contributed by atoms with Gasteiger partial charge in [0.25, 0.3) is 0 Å². The number of hydrogen-bond donors (Lipinski definition) is 0. The Kier molecular flexibility index (Phi) is 5.75. The molecular weight excluding hydrogens is 316 g/mol. The third kappa shape index (κ3) is 4.15. The van der Waals surface area contributed by atoms with Crippen LogP contribution in [0.4, 0.5) is 0 Å². The molecule has 2 heteroatoms. The molecular formula is C24H20N2. The van der Waals surface area contributed by atoms with Crippen LogP contribution in [-0.2, 0) is 0 Å². The van der Waals surface area contributed by atoms with Gasteiger partial charge in [-0.15, -0.1) is 6.58 Å². The summed E-state index contributed by atoms with van der Waals surface area (Å²) in [5.74, 6) is 0. The van der Waals surface area contributed by atoms with Crippen molar-refractivity contribution in [2.45, 2.75) is 12.5 Å². The Hall–Kier alpha value is -3.44. The van der Waals surface area contributed by atoms with Gasteiger partial charge in [0, 0.05) is 11.1 Å². The van der Waals surface area contributed by atoms with Gasteiger partial charge < -0.3 is 0 Å². The molecule has 0 fully saturated rings. The van der Waals surface area contributed by atoms with E-state index in [2.05, 4.69) is 36.9 Å². The second kappa shape index (κ2) is 8.60. The highest BCUT2D eigenvalue weighted by molar-refractivity contribution is 6.13. The van der Waals surface area contributed by atoms with Gasteiger partial charge in [0.1, 0.15) is 0 Å². The first-order valence-corrected chi connectivity index (χ1v) is 8.61. The third-order valence-electron chi connectivity index (χ3n) is 4.19. The fourth-order valence-corrected chi connectivity index (χ4v) is 2.86. The lowest BCUT2D eigenvalue weighted by molar-refractivity contribution is 0.745. The topological polar surface area (TPSA) is 36.1 Å². The van der Waals surface area contributed by atoms with Crippen molar-refractivity contribution in [1.82, 2.24) is 0 Å². The van der Waals surface area contributed by atoms with E-state index < -0.39 is 0 Å². The fourth-order valence-electron chi connectivity index (χ4n) is 2.86. The van der Waals surface area contributed by atoms with Crippen molar-refractivity contribution in [2.75, 3.05) is 0 Å². The fraction of sp³-hybridized carbons (Fsp3) is 0.0833. The maximum Gasteiger partial charge on any atom is 0.0991 e. The summed E-state index contributed by atoms with van der Waals surface area (Å²) in [6.45, 7) is 3.89. The van der Waals surface area contributed by atoms with Crippen molar-refractivity contribution in [3.63, 3.8) is 0 Å². The maximum atomic E-state index is 9.02. The number of rotatable bonds is 6. The van der Waals surface area contributed by atoms with Crippen molar-refractivity contribution in [1.29, 1.82) is 5.26 Å². The summed E-state index contributed by atoms with van der Waals surface area (Å²) in [6, 6.07) is 30.2. The highest BCUT2D eigenvalue weighted by Gasteiger charge is 2.13. The van der Waals surface area contributed by atoms with E-state index >= 15 is 0 Å². The Bertz CT molecular complexity index is 876. The molecule has 26 heavy (non-hydrogen) atoms. The van der Waals surface area contributed by atoms with Crippen LogP contribution >= 0.6 is 0 Å². The zero-order valence-corrected chi connectivity index (χ0v) is 14.5. The molecule has 0 aliphatic rings. The van der Waals surface area contributed by atoms with Gasteiger partial charge in [-0.1, -0.05) is 78.9 Å². The molecule has 0 radical (unpaired) electrons. The molecule has 126 valence electrons. The lowest BCUT2D eigenvalue weighted by Crippen LogP contribution is -2.07. The zero-order valence-electron chi connectivity index (χ0n) is 14.5. The maximum absolute atomic E-state index is 9.02. The van der Waals surface area contributed by atoms with Crippen molar-refractivity contribution < 1.29 is 0 Å². The molecule has 0 aromatic heterocycles. The normalized spacial score (nSPS) is 11.2. The summed E-state index contributed by atoms with van der Waals surface area (Å²) in [6.07, 6.45) is 2.62. The summed E-state index contributed by atoms with van der Waals surface area (Å²) in [4.78, 5) is 5.09. The standard InChI is InChI=1S/C24H20N2/c1-2-9-23(20-16-14-19(18-25)15-17-20)26-24(21-10-5-3-6-11-21)22-12-7-4-8-13-22/h2-8,10-17,23H,1,9H2. The van der Waals surface area contributed by atoms with Crippen LogP contribution in [0.25, 0.3) is 0 Å². The molecule has 0 bridgehead atoms. The summed E-state index contributed by atoms with van der Waals surface area (Å²) in [5, 5.41) is 9.02. The summed E-state index contributed by atoms with van der Waals surface area (Å²) < 4.78 is 0. The van der Waals surface area contributed by atoms with Crippen molar-refractivity contribution >= 4 is 5.71 Å². The quantitative estimate of drug-likeness (QED) is 0.419. The average Bonchev–Trinajstić information content (AvgIpc) is 2.72. The first-order chi connectivity index (χ1) is 12.8. The predicted molar refractivity (Wildman–Crippen MR) is 107 cm³/mol. The number of benzene rings is 3. The Morgan fingerprint density at radius 2 is 1.42 bits per heavy atom. The third-order valence-corrected chi connectivity index (χ3v) is 4.19. The van der Waals surface area contributed by atoms with Gasteiger partial charge in [0.05, 0.1) is 23.4 Å². The summed E-state index contributed by atoms with van der Waals surface area (Å²) >= 11 is 0. The van der Waals surface area contributed by atoms with Crippen molar-refractivity contribution in [3.8, 4) is 6.07 Å². The zero-order chi connectivity index (χ0) is 18.2. The van der Waals surface area contributed by atoms with Crippen LogP contribution in [0.15, 0.2) is 103 Å². The van der Waals surface area contributed by atoms with Gasteiger partial charge in [-0.3, -0.25) is 4.99 Å². The lowest BCUT2D eigenvalue weighted by Gasteiger charge is -2.15. The van der Waals surface area contributed by atoms with Crippen LogP contribution in [0.2, 0.25) is 0 Å². The van der Waals surface area contributed by atoms with E-state index in [0.29, 0.717) is 5.56 Å². The summed E-state index contributed by atoms with van der Waals surface area (Å²) in [5.41, 5.74) is 4.86. The van der Waals surface area contributed by atoms with Gasteiger partial charge >= 0.3 is 0 Å². The SMILES string of the molecule is C=CCC(N=C(c1ccccc1)c1ccccc1)c1ccc(C#N)cc1. The first-order valence-electron chi connectivity index (χ1n) is 8.61. The molecule has 0 aliphatic carbocycles. The van der Waals surface area contributed by atoms with Gasteiger partial charge in [0.2, 0.25) is 0 Å². The van der Waals surface area contributed by atoms with Gasteiger partial charge in [-0.2, -0.15) is 5.26 Å². The van der Waals surface area contributed by atoms with E-state index in [1.54, 1.807) is 0 Å². The number of nitrogens with zero attached hydrogens (tertiary/aromatic N) is 2. The molecule has 1 atom stereocenters. The van der Waals surface area contributed by atoms with Crippen LogP contribution in [0.5, 0.6) is 0 Å². The minimum absolute atomic E-state index is 0.0457. The molecule has 2 nitrogen and oxygen atoms in total. The minimum Gasteiger partial charge on any atom is -0.276 e. The van der Waals surface area contributed by atoms with Crippen LogP contribution in [0.3, 0.4) is 0 Å².